The highest BCUT2D eigenvalue weighted by Crippen LogP contribution is 2.34. The quantitative estimate of drug-likeness (QED) is 0.745. The lowest BCUT2D eigenvalue weighted by Gasteiger charge is -2.29. The molecular weight excluding hydrogens is 348 g/mol. The van der Waals surface area contributed by atoms with Crippen LogP contribution in [0.5, 0.6) is 0 Å². The van der Waals surface area contributed by atoms with E-state index < -0.39 is 11.0 Å². The molecule has 2 aliphatic rings. The topological polar surface area (TPSA) is 79.0 Å². The Morgan fingerprint density at radius 3 is 2.81 bits per heavy atom. The Morgan fingerprint density at radius 2 is 2.04 bits per heavy atom. The molecule has 0 amide bonds. The number of H-pyrrole nitrogens is 1. The van der Waals surface area contributed by atoms with Crippen molar-refractivity contribution >= 4 is 22.5 Å². The van der Waals surface area contributed by atoms with Gasteiger partial charge in [-0.25, -0.2) is 8.93 Å². The second-order valence-corrected chi connectivity index (χ2v) is 8.67. The largest absolute Gasteiger partial charge is 0.376 e. The fraction of sp³-hybridized carbons (Fsp3) is 0.526. The van der Waals surface area contributed by atoms with Gasteiger partial charge >= 0.3 is 0 Å². The third kappa shape index (κ3) is 3.84. The number of nitrogens with one attached hydrogen (secondary N) is 3. The molecule has 0 saturated heterocycles. The molecular formula is C19H26N4O2S. The Labute approximate surface area is 156 Å². The molecule has 7 heteroatoms. The molecule has 2 heterocycles. The van der Waals surface area contributed by atoms with E-state index in [1.54, 1.807) is 0 Å². The van der Waals surface area contributed by atoms with Gasteiger partial charge < -0.3 is 10.1 Å². The average Bonchev–Trinajstić information content (AvgIpc) is 3.22. The lowest BCUT2D eigenvalue weighted by molar-refractivity contribution is -0.0148. The summed E-state index contributed by atoms with van der Waals surface area (Å²) in [5.41, 5.74) is 3.24. The van der Waals surface area contributed by atoms with E-state index in [2.05, 4.69) is 40.2 Å². The standard InChI is InChI=1S/C19H26N4O2S/c1-12(2)25-16-6-3-13(4-7-16)17-10-19(23-22-17)21-15-5-8-18-14(9-15)11-20-26(18)24/h5,8-10,12-13,16,20H,3-4,6-7,11H2,1-2H3,(H2,21,22,23). The SMILES string of the molecule is CC(C)OC1CCC(c2cc(Nc3ccc4c(c3)CNS4=O)n[nH]2)CC1. The molecule has 140 valence electrons. The van der Waals surface area contributed by atoms with E-state index in [9.17, 15) is 4.21 Å². The molecule has 1 fully saturated rings. The monoisotopic (exact) mass is 374 g/mol. The fourth-order valence-electron chi connectivity index (χ4n) is 3.85. The van der Waals surface area contributed by atoms with Gasteiger partial charge in [-0.1, -0.05) is 0 Å². The molecule has 0 radical (unpaired) electrons. The highest BCUT2D eigenvalue weighted by atomic mass is 32.2. The molecule has 4 rings (SSSR count). The number of hydrogen-bond acceptors (Lipinski definition) is 4. The van der Waals surface area contributed by atoms with E-state index in [1.807, 2.05) is 18.2 Å². The number of aromatic amines is 1. The summed E-state index contributed by atoms with van der Waals surface area (Å²) in [4.78, 5) is 0.874. The van der Waals surface area contributed by atoms with Crippen LogP contribution in [-0.4, -0.2) is 26.6 Å². The van der Waals surface area contributed by atoms with Gasteiger partial charge in [-0.2, -0.15) is 5.10 Å². The molecule has 2 aromatic rings. The van der Waals surface area contributed by atoms with Crippen molar-refractivity contribution in [3.8, 4) is 0 Å². The van der Waals surface area contributed by atoms with Crippen LogP contribution in [0.25, 0.3) is 0 Å². The summed E-state index contributed by atoms with van der Waals surface area (Å²) in [7, 11) is -1.07. The van der Waals surface area contributed by atoms with Crippen molar-refractivity contribution < 1.29 is 8.95 Å². The van der Waals surface area contributed by atoms with Crippen LogP contribution in [0, 0.1) is 0 Å². The summed E-state index contributed by atoms with van der Waals surface area (Å²) >= 11 is 0. The molecule has 0 spiro atoms. The number of ether oxygens (including phenoxy) is 1. The van der Waals surface area contributed by atoms with Crippen molar-refractivity contribution in [1.29, 1.82) is 0 Å². The van der Waals surface area contributed by atoms with Crippen molar-refractivity contribution in [2.24, 2.45) is 0 Å². The van der Waals surface area contributed by atoms with E-state index in [0.29, 0.717) is 24.7 Å². The van der Waals surface area contributed by atoms with Crippen LogP contribution in [0.3, 0.4) is 0 Å². The zero-order valence-corrected chi connectivity index (χ0v) is 16.1. The first kappa shape index (κ1) is 17.7. The number of rotatable bonds is 5. The lowest BCUT2D eigenvalue weighted by Crippen LogP contribution is -2.23. The third-order valence-corrected chi connectivity index (χ3v) is 6.31. The maximum atomic E-state index is 11.7. The summed E-state index contributed by atoms with van der Waals surface area (Å²) in [6, 6.07) is 8.01. The minimum absolute atomic E-state index is 0.305. The van der Waals surface area contributed by atoms with Crippen LogP contribution in [-0.2, 0) is 22.3 Å². The highest BCUT2D eigenvalue weighted by molar-refractivity contribution is 7.83. The molecule has 1 unspecified atom stereocenters. The van der Waals surface area contributed by atoms with Crippen molar-refractivity contribution in [3.05, 3.63) is 35.5 Å². The van der Waals surface area contributed by atoms with Crippen molar-refractivity contribution in [3.63, 3.8) is 0 Å². The van der Waals surface area contributed by atoms with E-state index in [1.165, 1.54) is 5.69 Å². The molecule has 26 heavy (non-hydrogen) atoms. The zero-order chi connectivity index (χ0) is 18.1. The average molecular weight is 375 g/mol. The maximum Gasteiger partial charge on any atom is 0.152 e. The number of anilines is 2. The smallest absolute Gasteiger partial charge is 0.152 e. The highest BCUT2D eigenvalue weighted by Gasteiger charge is 2.25. The Balaban J connectivity index is 1.37. The van der Waals surface area contributed by atoms with Gasteiger partial charge in [0.2, 0.25) is 0 Å². The molecule has 1 saturated carbocycles. The zero-order valence-electron chi connectivity index (χ0n) is 15.2. The maximum absolute atomic E-state index is 11.7. The predicted octanol–water partition coefficient (Wildman–Crippen LogP) is 3.73. The second-order valence-electron chi connectivity index (χ2n) is 7.40. The molecule has 1 aliphatic carbocycles. The molecule has 1 atom stereocenters. The summed E-state index contributed by atoms with van der Waals surface area (Å²) in [5, 5.41) is 11.0. The Morgan fingerprint density at radius 1 is 1.23 bits per heavy atom. The number of nitrogens with zero attached hydrogens (tertiary/aromatic N) is 1. The first-order chi connectivity index (χ1) is 12.6. The van der Waals surface area contributed by atoms with Crippen LogP contribution >= 0.6 is 0 Å². The first-order valence-corrected chi connectivity index (χ1v) is 10.5. The molecule has 3 N–H and O–H groups in total. The van der Waals surface area contributed by atoms with E-state index in [-0.39, 0.29) is 0 Å². The van der Waals surface area contributed by atoms with Crippen molar-refractivity contribution in [2.75, 3.05) is 5.32 Å². The minimum atomic E-state index is -1.07. The summed E-state index contributed by atoms with van der Waals surface area (Å²) in [6.07, 6.45) is 5.20. The van der Waals surface area contributed by atoms with Crippen molar-refractivity contribution in [2.45, 2.75) is 69.1 Å². The normalized spacial score (nSPS) is 25.4. The summed E-state index contributed by atoms with van der Waals surface area (Å²) in [5.74, 6) is 1.35. The molecule has 1 aromatic carbocycles. The molecule has 0 bridgehead atoms. The van der Waals surface area contributed by atoms with Gasteiger partial charge in [0.25, 0.3) is 0 Å². The van der Waals surface area contributed by atoms with Gasteiger partial charge in [0.05, 0.1) is 17.1 Å². The molecule has 1 aromatic heterocycles. The Kier molecular flexibility index (Phi) is 5.11. The van der Waals surface area contributed by atoms with Gasteiger partial charge in [-0.05, 0) is 63.3 Å². The Hall–Kier alpha value is -1.70. The number of benzene rings is 1. The van der Waals surface area contributed by atoms with Crippen LogP contribution < -0.4 is 10.0 Å². The summed E-state index contributed by atoms with van der Waals surface area (Å²) < 4.78 is 20.6. The van der Waals surface area contributed by atoms with Crippen LogP contribution in [0.4, 0.5) is 11.5 Å². The van der Waals surface area contributed by atoms with Crippen LogP contribution in [0.2, 0.25) is 0 Å². The number of hydrogen-bond donors (Lipinski definition) is 3. The number of fused-ring (bicyclic) bond motifs is 1. The minimum Gasteiger partial charge on any atom is -0.376 e. The van der Waals surface area contributed by atoms with Crippen LogP contribution in [0.15, 0.2) is 29.2 Å². The van der Waals surface area contributed by atoms with Crippen molar-refractivity contribution in [1.82, 2.24) is 14.9 Å². The van der Waals surface area contributed by atoms with E-state index in [0.717, 1.165) is 47.6 Å². The van der Waals surface area contributed by atoms with Gasteiger partial charge in [0.1, 0.15) is 11.0 Å². The van der Waals surface area contributed by atoms with Gasteiger partial charge in [-0.3, -0.25) is 5.10 Å². The first-order valence-electron chi connectivity index (χ1n) is 9.34. The fourth-order valence-corrected chi connectivity index (χ4v) is 4.85. The van der Waals surface area contributed by atoms with Crippen LogP contribution in [0.1, 0.15) is 56.7 Å². The lowest BCUT2D eigenvalue weighted by atomic mass is 9.85. The number of aromatic nitrogens is 2. The molecule has 1 aliphatic heterocycles. The third-order valence-electron chi connectivity index (χ3n) is 5.10. The van der Waals surface area contributed by atoms with Gasteiger partial charge in [0, 0.05) is 29.9 Å². The summed E-state index contributed by atoms with van der Waals surface area (Å²) in [6.45, 7) is 4.85. The van der Waals surface area contributed by atoms with Gasteiger partial charge in [0.15, 0.2) is 5.82 Å². The second kappa shape index (κ2) is 7.50. The predicted molar refractivity (Wildman–Crippen MR) is 103 cm³/mol. The van der Waals surface area contributed by atoms with E-state index in [4.69, 9.17) is 4.74 Å². The molecule has 6 nitrogen and oxygen atoms in total. The van der Waals surface area contributed by atoms with E-state index >= 15 is 0 Å². The Bertz CT molecular complexity index is 797. The van der Waals surface area contributed by atoms with Gasteiger partial charge in [-0.15, -0.1) is 0 Å².